The fourth-order valence-electron chi connectivity index (χ4n) is 1.94. The minimum absolute atomic E-state index is 0.161. The van der Waals surface area contributed by atoms with Crippen LogP contribution in [0.1, 0.15) is 20.3 Å². The zero-order chi connectivity index (χ0) is 11.9. The Labute approximate surface area is 103 Å². The van der Waals surface area contributed by atoms with Crippen LogP contribution in [0.15, 0.2) is 22.7 Å². The molecule has 0 amide bonds. The maximum Gasteiger partial charge on any atom is 0.125 e. The molecular formula is C12H15BrFNO. The van der Waals surface area contributed by atoms with Gasteiger partial charge in [0, 0.05) is 15.9 Å². The largest absolute Gasteiger partial charge is 0.392 e. The van der Waals surface area contributed by atoms with Gasteiger partial charge in [0.1, 0.15) is 5.82 Å². The SMILES string of the molecule is CC1(C)C(O)CC1Nc1cc(F)ccc1Br. The minimum Gasteiger partial charge on any atom is -0.392 e. The lowest BCUT2D eigenvalue weighted by Gasteiger charge is -2.50. The number of rotatable bonds is 2. The van der Waals surface area contributed by atoms with Crippen molar-refractivity contribution in [2.45, 2.75) is 32.4 Å². The third-order valence-corrected chi connectivity index (χ3v) is 4.17. The summed E-state index contributed by atoms with van der Waals surface area (Å²) in [6.07, 6.45) is 0.424. The number of hydrogen-bond acceptors (Lipinski definition) is 2. The zero-order valence-corrected chi connectivity index (χ0v) is 10.9. The average Bonchev–Trinajstić information content (AvgIpc) is 2.23. The van der Waals surface area contributed by atoms with Gasteiger partial charge < -0.3 is 10.4 Å². The molecule has 0 aromatic heterocycles. The summed E-state index contributed by atoms with van der Waals surface area (Å²) in [6.45, 7) is 4.01. The van der Waals surface area contributed by atoms with Crippen molar-refractivity contribution in [1.82, 2.24) is 0 Å². The molecule has 2 nitrogen and oxygen atoms in total. The van der Waals surface area contributed by atoms with Crippen LogP contribution in [0.2, 0.25) is 0 Å². The van der Waals surface area contributed by atoms with Gasteiger partial charge in [-0.1, -0.05) is 13.8 Å². The van der Waals surface area contributed by atoms with Crippen LogP contribution in [0.5, 0.6) is 0 Å². The predicted molar refractivity (Wildman–Crippen MR) is 65.9 cm³/mol. The summed E-state index contributed by atoms with van der Waals surface area (Å²) < 4.78 is 13.9. The fourth-order valence-corrected chi connectivity index (χ4v) is 2.30. The highest BCUT2D eigenvalue weighted by Crippen LogP contribution is 2.43. The summed E-state index contributed by atoms with van der Waals surface area (Å²) in [5, 5.41) is 12.9. The van der Waals surface area contributed by atoms with Gasteiger partial charge in [-0.2, -0.15) is 0 Å². The van der Waals surface area contributed by atoms with Crippen molar-refractivity contribution < 1.29 is 9.50 Å². The number of nitrogens with one attached hydrogen (secondary N) is 1. The van der Waals surface area contributed by atoms with Crippen molar-refractivity contribution in [3.63, 3.8) is 0 Å². The minimum atomic E-state index is -0.280. The number of aliphatic hydroxyl groups is 1. The van der Waals surface area contributed by atoms with Gasteiger partial charge in [0.15, 0.2) is 0 Å². The second-order valence-corrected chi connectivity index (χ2v) is 5.75. The van der Waals surface area contributed by atoms with Gasteiger partial charge in [-0.05, 0) is 40.5 Å². The van der Waals surface area contributed by atoms with E-state index in [-0.39, 0.29) is 23.4 Å². The van der Waals surface area contributed by atoms with Crippen LogP contribution in [0, 0.1) is 11.2 Å². The Hall–Kier alpha value is -0.610. The predicted octanol–water partition coefficient (Wildman–Crippen LogP) is 3.16. The normalized spacial score (nSPS) is 27.3. The second kappa shape index (κ2) is 4.00. The maximum atomic E-state index is 13.1. The van der Waals surface area contributed by atoms with Crippen molar-refractivity contribution >= 4 is 21.6 Å². The van der Waals surface area contributed by atoms with Crippen molar-refractivity contribution in [3.05, 3.63) is 28.5 Å². The Morgan fingerprint density at radius 2 is 2.19 bits per heavy atom. The van der Waals surface area contributed by atoms with E-state index in [2.05, 4.69) is 21.2 Å². The van der Waals surface area contributed by atoms with Crippen LogP contribution in [-0.2, 0) is 0 Å². The summed E-state index contributed by atoms with van der Waals surface area (Å²) in [5.74, 6) is -0.261. The topological polar surface area (TPSA) is 32.3 Å². The van der Waals surface area contributed by atoms with E-state index in [9.17, 15) is 9.50 Å². The van der Waals surface area contributed by atoms with Gasteiger partial charge in [0.2, 0.25) is 0 Å². The van der Waals surface area contributed by atoms with E-state index in [1.54, 1.807) is 6.07 Å². The molecule has 4 heteroatoms. The van der Waals surface area contributed by atoms with Crippen molar-refractivity contribution in [1.29, 1.82) is 0 Å². The molecule has 0 heterocycles. The molecule has 2 N–H and O–H groups in total. The third-order valence-electron chi connectivity index (χ3n) is 3.47. The molecule has 2 atom stereocenters. The first kappa shape index (κ1) is 11.9. The molecule has 0 radical (unpaired) electrons. The molecule has 16 heavy (non-hydrogen) atoms. The maximum absolute atomic E-state index is 13.1. The van der Waals surface area contributed by atoms with E-state index >= 15 is 0 Å². The Bertz CT molecular complexity index is 408. The van der Waals surface area contributed by atoms with Crippen LogP contribution < -0.4 is 5.32 Å². The molecule has 0 saturated heterocycles. The molecule has 1 aliphatic rings. The van der Waals surface area contributed by atoms with Crippen LogP contribution in [0.25, 0.3) is 0 Å². The van der Waals surface area contributed by atoms with Gasteiger partial charge in [-0.3, -0.25) is 0 Å². The fraction of sp³-hybridized carbons (Fsp3) is 0.500. The first-order valence-corrected chi connectivity index (χ1v) is 6.10. The zero-order valence-electron chi connectivity index (χ0n) is 9.30. The summed E-state index contributed by atoms with van der Waals surface area (Å²) in [4.78, 5) is 0. The monoisotopic (exact) mass is 287 g/mol. The molecule has 0 spiro atoms. The highest BCUT2D eigenvalue weighted by Gasteiger charge is 2.47. The Morgan fingerprint density at radius 1 is 1.50 bits per heavy atom. The van der Waals surface area contributed by atoms with Gasteiger partial charge in [-0.25, -0.2) is 4.39 Å². The molecule has 2 unspecified atom stereocenters. The van der Waals surface area contributed by atoms with Crippen LogP contribution >= 0.6 is 15.9 Å². The van der Waals surface area contributed by atoms with E-state index in [0.29, 0.717) is 6.42 Å². The lowest BCUT2D eigenvalue weighted by molar-refractivity contribution is -0.0510. The standard InChI is InChI=1S/C12H15BrFNO/c1-12(2)10(6-11(12)16)15-9-5-7(14)3-4-8(9)13/h3-5,10-11,15-16H,6H2,1-2H3. The first-order chi connectivity index (χ1) is 7.41. The highest BCUT2D eigenvalue weighted by atomic mass is 79.9. The number of benzene rings is 1. The molecular weight excluding hydrogens is 273 g/mol. The van der Waals surface area contributed by atoms with Gasteiger partial charge >= 0.3 is 0 Å². The van der Waals surface area contributed by atoms with Crippen LogP contribution in [0.3, 0.4) is 0 Å². The van der Waals surface area contributed by atoms with Crippen molar-refractivity contribution in [3.8, 4) is 0 Å². The first-order valence-electron chi connectivity index (χ1n) is 5.31. The summed E-state index contributed by atoms with van der Waals surface area (Å²) in [7, 11) is 0. The van der Waals surface area contributed by atoms with E-state index in [4.69, 9.17) is 0 Å². The molecule has 2 rings (SSSR count). The van der Waals surface area contributed by atoms with E-state index in [0.717, 1.165) is 10.2 Å². The summed E-state index contributed by atoms with van der Waals surface area (Å²) in [5.41, 5.74) is 0.580. The Morgan fingerprint density at radius 3 is 2.75 bits per heavy atom. The Kier molecular flexibility index (Phi) is 2.97. The lowest BCUT2D eigenvalue weighted by atomic mass is 9.64. The number of aliphatic hydroxyl groups excluding tert-OH is 1. The number of halogens is 2. The molecule has 88 valence electrons. The summed E-state index contributed by atoms with van der Waals surface area (Å²) >= 11 is 3.37. The van der Waals surface area contributed by atoms with Gasteiger partial charge in [0.05, 0.1) is 11.8 Å². The number of anilines is 1. The third kappa shape index (κ3) is 1.96. The molecule has 1 fully saturated rings. The summed E-state index contributed by atoms with van der Waals surface area (Å²) in [6, 6.07) is 4.74. The van der Waals surface area contributed by atoms with E-state index in [1.165, 1.54) is 12.1 Å². The lowest BCUT2D eigenvalue weighted by Crippen LogP contribution is -2.56. The van der Waals surface area contributed by atoms with Gasteiger partial charge in [-0.15, -0.1) is 0 Å². The van der Waals surface area contributed by atoms with E-state index in [1.807, 2.05) is 13.8 Å². The van der Waals surface area contributed by atoms with Gasteiger partial charge in [0.25, 0.3) is 0 Å². The average molecular weight is 288 g/mol. The van der Waals surface area contributed by atoms with E-state index < -0.39 is 0 Å². The number of hydrogen-bond donors (Lipinski definition) is 2. The molecule has 1 aromatic carbocycles. The van der Waals surface area contributed by atoms with Crippen LogP contribution in [0.4, 0.5) is 10.1 Å². The molecule has 0 bridgehead atoms. The molecule has 0 aliphatic heterocycles. The highest BCUT2D eigenvalue weighted by molar-refractivity contribution is 9.10. The van der Waals surface area contributed by atoms with Crippen LogP contribution in [-0.4, -0.2) is 17.3 Å². The molecule has 1 aliphatic carbocycles. The molecule has 1 aromatic rings. The quantitative estimate of drug-likeness (QED) is 0.876. The van der Waals surface area contributed by atoms with Crippen molar-refractivity contribution in [2.75, 3.05) is 5.32 Å². The Balaban J connectivity index is 2.13. The second-order valence-electron chi connectivity index (χ2n) is 4.89. The smallest absolute Gasteiger partial charge is 0.125 e. The van der Waals surface area contributed by atoms with Crippen molar-refractivity contribution in [2.24, 2.45) is 5.41 Å². The molecule has 1 saturated carbocycles.